The maximum atomic E-state index is 14.0. The Hall–Kier alpha value is -1.96. The van der Waals surface area contributed by atoms with Gasteiger partial charge >= 0.3 is 0 Å². The topological polar surface area (TPSA) is 57.7 Å². The van der Waals surface area contributed by atoms with E-state index in [0.29, 0.717) is 24.4 Å². The summed E-state index contributed by atoms with van der Waals surface area (Å²) in [5, 5.41) is 0.451. The van der Waals surface area contributed by atoms with Gasteiger partial charge < -0.3 is 4.90 Å². The van der Waals surface area contributed by atoms with Gasteiger partial charge in [0.05, 0.1) is 16.5 Å². The van der Waals surface area contributed by atoms with Crippen molar-refractivity contribution in [1.82, 2.24) is 4.31 Å². The molecule has 0 aliphatic carbocycles. The van der Waals surface area contributed by atoms with Gasteiger partial charge in [-0.15, -0.1) is 0 Å². The third kappa shape index (κ3) is 4.15. The van der Waals surface area contributed by atoms with Crippen LogP contribution < -0.4 is 4.90 Å². The van der Waals surface area contributed by atoms with Crippen molar-refractivity contribution in [2.45, 2.75) is 17.7 Å². The fraction of sp³-hybridized carbons (Fsp3) is 0.316. The lowest BCUT2D eigenvalue weighted by Crippen LogP contribution is -2.46. The van der Waals surface area contributed by atoms with Crippen molar-refractivity contribution >= 4 is 33.2 Å². The van der Waals surface area contributed by atoms with E-state index in [1.807, 2.05) is 0 Å². The summed E-state index contributed by atoms with van der Waals surface area (Å²) in [6, 6.07) is 12.0. The van der Waals surface area contributed by atoms with E-state index in [9.17, 15) is 17.6 Å². The molecule has 0 saturated carbocycles. The number of carbonyl (C=O) groups is 1. The highest BCUT2D eigenvalue weighted by atomic mass is 35.5. The van der Waals surface area contributed by atoms with Crippen LogP contribution in [0.1, 0.15) is 12.8 Å². The molecule has 1 fully saturated rings. The standard InChI is InChI=1S/C19H20ClFN2O3S/c1-22(18-7-3-2-6-17(18)21)19(24)14-5-4-12-23(13-14)27(25,26)16-10-8-15(20)9-11-16/h2-3,6-11,14H,4-5,12-13H2,1H3. The van der Waals surface area contributed by atoms with E-state index >= 15 is 0 Å². The van der Waals surface area contributed by atoms with E-state index < -0.39 is 21.8 Å². The molecule has 8 heteroatoms. The summed E-state index contributed by atoms with van der Waals surface area (Å²) in [6.07, 6.45) is 1.12. The predicted molar refractivity (Wildman–Crippen MR) is 103 cm³/mol. The van der Waals surface area contributed by atoms with Gasteiger partial charge in [0.25, 0.3) is 0 Å². The summed E-state index contributed by atoms with van der Waals surface area (Å²) >= 11 is 5.83. The van der Waals surface area contributed by atoms with Crippen LogP contribution >= 0.6 is 11.6 Å². The van der Waals surface area contributed by atoms with Gasteiger partial charge in [-0.3, -0.25) is 4.79 Å². The zero-order valence-electron chi connectivity index (χ0n) is 14.8. The monoisotopic (exact) mass is 410 g/mol. The van der Waals surface area contributed by atoms with Gasteiger partial charge in [0, 0.05) is 25.2 Å². The van der Waals surface area contributed by atoms with E-state index in [4.69, 9.17) is 11.6 Å². The van der Waals surface area contributed by atoms with Crippen molar-refractivity contribution in [3.8, 4) is 0 Å². The van der Waals surface area contributed by atoms with Crippen molar-refractivity contribution in [2.24, 2.45) is 5.92 Å². The van der Waals surface area contributed by atoms with Gasteiger partial charge in [-0.05, 0) is 49.2 Å². The Bertz CT molecular complexity index is 934. The van der Waals surface area contributed by atoms with Crippen molar-refractivity contribution in [1.29, 1.82) is 0 Å². The molecule has 27 heavy (non-hydrogen) atoms. The minimum Gasteiger partial charge on any atom is -0.313 e. The maximum absolute atomic E-state index is 14.0. The minimum atomic E-state index is -3.71. The lowest BCUT2D eigenvalue weighted by atomic mass is 9.98. The van der Waals surface area contributed by atoms with Crippen LogP contribution in [0.4, 0.5) is 10.1 Å². The second-order valence-corrected chi connectivity index (χ2v) is 8.88. The Morgan fingerprint density at radius 3 is 2.52 bits per heavy atom. The van der Waals surface area contributed by atoms with E-state index in [1.165, 1.54) is 52.7 Å². The molecule has 0 spiro atoms. The summed E-state index contributed by atoms with van der Waals surface area (Å²) in [5.74, 6) is -1.31. The van der Waals surface area contributed by atoms with Gasteiger partial charge in [-0.25, -0.2) is 12.8 Å². The average molecular weight is 411 g/mol. The largest absolute Gasteiger partial charge is 0.313 e. The molecule has 1 amide bonds. The minimum absolute atomic E-state index is 0.0720. The number of sulfonamides is 1. The number of nitrogens with zero attached hydrogens (tertiary/aromatic N) is 2. The van der Waals surface area contributed by atoms with Crippen molar-refractivity contribution < 1.29 is 17.6 Å². The van der Waals surface area contributed by atoms with Crippen LogP contribution in [0, 0.1) is 11.7 Å². The molecular weight excluding hydrogens is 391 g/mol. The van der Waals surface area contributed by atoms with Crippen molar-refractivity contribution in [3.05, 3.63) is 59.4 Å². The summed E-state index contributed by atoms with van der Waals surface area (Å²) in [4.78, 5) is 14.2. The fourth-order valence-corrected chi connectivity index (χ4v) is 4.88. The first kappa shape index (κ1) is 19.8. The summed E-state index contributed by atoms with van der Waals surface area (Å²) in [5.41, 5.74) is 0.181. The molecule has 1 aliphatic heterocycles. The molecule has 2 aromatic carbocycles. The number of para-hydroxylation sites is 1. The first-order valence-electron chi connectivity index (χ1n) is 8.58. The number of carbonyl (C=O) groups excluding carboxylic acids is 1. The van der Waals surface area contributed by atoms with Crippen LogP contribution in [0.15, 0.2) is 53.4 Å². The predicted octanol–water partition coefficient (Wildman–Crippen LogP) is 3.54. The van der Waals surface area contributed by atoms with Crippen LogP contribution in [-0.4, -0.2) is 38.8 Å². The third-order valence-corrected chi connectivity index (χ3v) is 6.86. The quantitative estimate of drug-likeness (QED) is 0.774. The molecule has 144 valence electrons. The van der Waals surface area contributed by atoms with E-state index in [0.717, 1.165) is 0 Å². The highest BCUT2D eigenvalue weighted by Gasteiger charge is 2.35. The van der Waals surface area contributed by atoms with Crippen molar-refractivity contribution in [2.75, 3.05) is 25.0 Å². The Labute approximate surface area is 163 Å². The second-order valence-electron chi connectivity index (χ2n) is 6.50. The molecule has 1 saturated heterocycles. The van der Waals surface area contributed by atoms with Gasteiger partial charge in [0.1, 0.15) is 5.82 Å². The molecule has 0 aromatic heterocycles. The van der Waals surface area contributed by atoms with E-state index in [2.05, 4.69) is 0 Å². The molecule has 2 aromatic rings. The smallest absolute Gasteiger partial charge is 0.243 e. The van der Waals surface area contributed by atoms with Gasteiger partial charge in [0.15, 0.2) is 0 Å². The molecule has 3 rings (SSSR count). The Kier molecular flexibility index (Phi) is 5.83. The zero-order valence-corrected chi connectivity index (χ0v) is 16.4. The maximum Gasteiger partial charge on any atom is 0.243 e. The Balaban J connectivity index is 1.78. The lowest BCUT2D eigenvalue weighted by molar-refractivity contribution is -0.123. The van der Waals surface area contributed by atoms with Crippen LogP contribution in [0.25, 0.3) is 0 Å². The molecule has 1 heterocycles. The Morgan fingerprint density at radius 2 is 1.85 bits per heavy atom. The molecule has 0 radical (unpaired) electrons. The van der Waals surface area contributed by atoms with Crippen LogP contribution in [0.2, 0.25) is 5.02 Å². The highest BCUT2D eigenvalue weighted by molar-refractivity contribution is 7.89. The lowest BCUT2D eigenvalue weighted by Gasteiger charge is -2.33. The van der Waals surface area contributed by atoms with Gasteiger partial charge in [-0.1, -0.05) is 23.7 Å². The number of anilines is 1. The molecule has 1 atom stereocenters. The number of hydrogen-bond acceptors (Lipinski definition) is 3. The molecule has 0 bridgehead atoms. The number of amides is 1. The summed E-state index contributed by atoms with van der Waals surface area (Å²) in [7, 11) is -2.21. The first-order valence-corrected chi connectivity index (χ1v) is 10.4. The van der Waals surface area contributed by atoms with Gasteiger partial charge in [-0.2, -0.15) is 4.31 Å². The number of rotatable bonds is 4. The number of piperidine rings is 1. The molecule has 1 unspecified atom stereocenters. The highest BCUT2D eigenvalue weighted by Crippen LogP contribution is 2.27. The second kappa shape index (κ2) is 7.96. The first-order chi connectivity index (χ1) is 12.8. The normalized spacial score (nSPS) is 18.3. The number of halogens is 2. The number of benzene rings is 2. The van der Waals surface area contributed by atoms with E-state index in [1.54, 1.807) is 12.1 Å². The molecule has 0 N–H and O–H groups in total. The Morgan fingerprint density at radius 1 is 1.19 bits per heavy atom. The SMILES string of the molecule is CN(C(=O)C1CCCN(S(=O)(=O)c2ccc(Cl)cc2)C1)c1ccccc1F. The molecule has 5 nitrogen and oxygen atoms in total. The van der Waals surface area contributed by atoms with Crippen LogP contribution in [0.5, 0.6) is 0 Å². The number of hydrogen-bond donors (Lipinski definition) is 0. The van der Waals surface area contributed by atoms with Crippen LogP contribution in [0.3, 0.4) is 0 Å². The third-order valence-electron chi connectivity index (χ3n) is 4.73. The molecule has 1 aliphatic rings. The summed E-state index contributed by atoms with van der Waals surface area (Å²) in [6.45, 7) is 0.417. The fourth-order valence-electron chi connectivity index (χ4n) is 3.23. The van der Waals surface area contributed by atoms with Crippen LogP contribution in [-0.2, 0) is 14.8 Å². The zero-order chi connectivity index (χ0) is 19.6. The van der Waals surface area contributed by atoms with E-state index in [-0.39, 0.29) is 23.0 Å². The summed E-state index contributed by atoms with van der Waals surface area (Å²) < 4.78 is 41.0. The van der Waals surface area contributed by atoms with Gasteiger partial charge in [0.2, 0.25) is 15.9 Å². The average Bonchev–Trinajstić information content (AvgIpc) is 2.67. The molecular formula is C19H20ClFN2O3S. The van der Waals surface area contributed by atoms with Crippen molar-refractivity contribution in [3.63, 3.8) is 0 Å².